The van der Waals surface area contributed by atoms with Crippen molar-refractivity contribution in [3.63, 3.8) is 0 Å². The average Bonchev–Trinajstić information content (AvgIpc) is 3.07. The fourth-order valence-corrected chi connectivity index (χ4v) is 3.71. The Balaban J connectivity index is -0.000000466. The maximum Gasteiger partial charge on any atom is 0.111 e. The van der Waals surface area contributed by atoms with E-state index in [9.17, 15) is 4.79 Å². The van der Waals surface area contributed by atoms with Gasteiger partial charge in [-0.2, -0.15) is 6.92 Å². The number of carbonyl (C=O) groups is 1. The second-order valence-electron chi connectivity index (χ2n) is 10.5. The Labute approximate surface area is 232 Å². The maximum atomic E-state index is 11.8. The van der Waals surface area contributed by atoms with Crippen LogP contribution in [0.15, 0.2) is 0 Å². The van der Waals surface area contributed by atoms with Gasteiger partial charge in [0.15, 0.2) is 0 Å². The molecule has 1 heterocycles. The van der Waals surface area contributed by atoms with Gasteiger partial charge < -0.3 is 18.6 Å². The van der Waals surface area contributed by atoms with E-state index in [1.54, 1.807) is 6.92 Å². The first kappa shape index (κ1) is 37.5. The average molecular weight is 539 g/mol. The minimum Gasteiger partial charge on any atom is -0.346 e. The summed E-state index contributed by atoms with van der Waals surface area (Å²) in [5, 5.41) is 8.61. The Hall–Kier alpha value is -0.0861. The van der Waals surface area contributed by atoms with Crippen LogP contribution < -0.4 is 0 Å². The Morgan fingerprint density at radius 2 is 1.52 bits per heavy atom. The Morgan fingerprint density at radius 1 is 1.00 bits per heavy atom. The molecule has 1 radical (unpaired) electrons. The van der Waals surface area contributed by atoms with E-state index in [1.807, 2.05) is 34.6 Å². The third-order valence-corrected chi connectivity index (χ3v) is 5.19. The normalized spacial score (nSPS) is 14.2. The molecule has 0 N–H and O–H groups in total. The first-order chi connectivity index (χ1) is 15.0. The molecule has 4 nitrogen and oxygen atoms in total. The van der Waals surface area contributed by atoms with Gasteiger partial charge in [0.05, 0.1) is 11.4 Å². The van der Waals surface area contributed by atoms with Crippen LogP contribution in [0.2, 0.25) is 0 Å². The van der Waals surface area contributed by atoms with Crippen molar-refractivity contribution in [2.75, 3.05) is 0 Å². The number of carbonyl (C=O) groups excluding carboxylic acids is 1. The van der Waals surface area contributed by atoms with Crippen LogP contribution in [0.5, 0.6) is 0 Å². The molecule has 1 aliphatic rings. The number of hydrogen-bond acceptors (Lipinski definition) is 3. The van der Waals surface area contributed by atoms with E-state index < -0.39 is 0 Å². The van der Waals surface area contributed by atoms with Crippen LogP contribution in [0.4, 0.5) is 0 Å². The van der Waals surface area contributed by atoms with Crippen molar-refractivity contribution in [1.82, 2.24) is 15.0 Å². The quantitative estimate of drug-likeness (QED) is 0.356. The Kier molecular flexibility index (Phi) is 22.9. The predicted octanol–water partition coefficient (Wildman–Crippen LogP) is 8.09. The molecule has 2 rings (SSSR count). The molecule has 0 spiro atoms. The molecule has 1 unspecified atom stereocenters. The van der Waals surface area contributed by atoms with Gasteiger partial charge in [-0.05, 0) is 37.5 Å². The first-order valence-corrected chi connectivity index (χ1v) is 12.9. The van der Waals surface area contributed by atoms with E-state index >= 15 is 0 Å². The van der Waals surface area contributed by atoms with Crippen LogP contribution in [-0.2, 0) is 56.9 Å². The zero-order valence-corrected chi connectivity index (χ0v) is 26.7. The monoisotopic (exact) mass is 538 g/mol. The maximum absolute atomic E-state index is 11.8. The summed E-state index contributed by atoms with van der Waals surface area (Å²) >= 11 is 0. The number of Topliss-reactive ketones (excluding diaryl/α,β-unsaturated/α-hetero) is 1. The van der Waals surface area contributed by atoms with E-state index in [0.29, 0.717) is 0 Å². The van der Waals surface area contributed by atoms with Gasteiger partial charge in [0.1, 0.15) is 5.78 Å². The zero-order valence-electron chi connectivity index (χ0n) is 23.9. The van der Waals surface area contributed by atoms with Gasteiger partial charge in [-0.25, -0.2) is 4.68 Å². The molecule has 0 bridgehead atoms. The Morgan fingerprint density at radius 3 is 1.97 bits per heavy atom. The molecule has 0 saturated heterocycles. The molecule has 1 aromatic rings. The molecule has 0 saturated carbocycles. The van der Waals surface area contributed by atoms with E-state index in [0.717, 1.165) is 19.4 Å². The summed E-state index contributed by atoms with van der Waals surface area (Å²) in [5.41, 5.74) is 2.62. The Bertz CT molecular complexity index is 597. The topological polar surface area (TPSA) is 47.8 Å². The summed E-state index contributed by atoms with van der Waals surface area (Å²) in [6.07, 6.45) is 11.0. The fraction of sp³-hybridized carbons (Fsp3) is 0.821. The van der Waals surface area contributed by atoms with Gasteiger partial charge in [0, 0.05) is 44.7 Å². The molecule has 0 fully saturated rings. The van der Waals surface area contributed by atoms with E-state index in [4.69, 9.17) is 0 Å². The van der Waals surface area contributed by atoms with Crippen molar-refractivity contribution in [3.8, 4) is 0 Å². The summed E-state index contributed by atoms with van der Waals surface area (Å²) in [5.74, 6) is 0.197. The van der Waals surface area contributed by atoms with Crippen molar-refractivity contribution in [3.05, 3.63) is 25.2 Å². The zero-order chi connectivity index (χ0) is 25.4. The predicted molar refractivity (Wildman–Crippen MR) is 141 cm³/mol. The van der Waals surface area contributed by atoms with Crippen molar-refractivity contribution < 1.29 is 37.5 Å². The van der Waals surface area contributed by atoms with E-state index in [1.165, 1.54) is 56.3 Å². The fourth-order valence-electron chi connectivity index (χ4n) is 3.71. The van der Waals surface area contributed by atoms with Crippen LogP contribution in [0.1, 0.15) is 126 Å². The van der Waals surface area contributed by atoms with Crippen molar-refractivity contribution in [1.29, 1.82) is 0 Å². The molecule has 0 aromatic carbocycles. The third-order valence-electron chi connectivity index (χ3n) is 5.19. The number of nitrogens with zero attached hydrogens (tertiary/aromatic N) is 3. The number of rotatable bonds is 5. The summed E-state index contributed by atoms with van der Waals surface area (Å²) in [6, 6.07) is 0. The van der Waals surface area contributed by atoms with Crippen LogP contribution in [0.3, 0.4) is 0 Å². The molecular formula is C28H55N3OY-2. The number of fused-ring (bicyclic) bond motifs is 1. The number of unbranched alkanes of at least 4 members (excludes halogenated alkanes) is 1. The summed E-state index contributed by atoms with van der Waals surface area (Å²) in [4.78, 5) is 11.8. The van der Waals surface area contributed by atoms with Gasteiger partial charge in [-0.1, -0.05) is 93.2 Å². The van der Waals surface area contributed by atoms with Crippen molar-refractivity contribution in [2.45, 2.75) is 134 Å². The van der Waals surface area contributed by atoms with Gasteiger partial charge in [0.2, 0.25) is 0 Å². The number of ketones is 1. The molecule has 33 heavy (non-hydrogen) atoms. The minimum absolute atomic E-state index is 0. The molecule has 0 aliphatic heterocycles. The van der Waals surface area contributed by atoms with Crippen molar-refractivity contribution in [2.24, 2.45) is 16.7 Å². The second kappa shape index (κ2) is 20.1. The molecule has 5 heteroatoms. The first-order valence-electron chi connectivity index (χ1n) is 12.9. The second-order valence-corrected chi connectivity index (χ2v) is 10.5. The van der Waals surface area contributed by atoms with Crippen LogP contribution in [0.25, 0.3) is 0 Å². The molecule has 1 atom stereocenters. The largest absolute Gasteiger partial charge is 0.346 e. The summed E-state index contributed by atoms with van der Waals surface area (Å²) in [7, 11) is 0. The van der Waals surface area contributed by atoms with E-state index in [2.05, 4.69) is 56.5 Å². The molecule has 1 aliphatic carbocycles. The summed E-state index contributed by atoms with van der Waals surface area (Å²) < 4.78 is 2.14. The van der Waals surface area contributed by atoms with Gasteiger partial charge in [-0.3, -0.25) is 0 Å². The van der Waals surface area contributed by atoms with Crippen LogP contribution in [0, 0.1) is 30.6 Å². The minimum atomic E-state index is -0.252. The molecular weight excluding hydrogens is 483 g/mol. The van der Waals surface area contributed by atoms with Gasteiger partial charge >= 0.3 is 0 Å². The van der Waals surface area contributed by atoms with Gasteiger partial charge in [0.25, 0.3) is 0 Å². The number of hydrogen-bond donors (Lipinski definition) is 0. The standard InChI is InChI=1S/C12H21N3.C12H23O.C2H6.C2H5.Y/c1-2-3-10-15-12-9-7-5-4-6-8-11(12)13-14-15;1-9(8-11(2,3)4)10(13)12(5,6)7;2*1-2;/h2-10H2,1H3;9H,1,8H2,2-7H3;1-2H3;1H2,2H3;/q;-1;;-1;. The van der Waals surface area contributed by atoms with Crippen LogP contribution in [-0.4, -0.2) is 20.8 Å². The van der Waals surface area contributed by atoms with E-state index in [-0.39, 0.29) is 55.2 Å². The smallest absolute Gasteiger partial charge is 0.111 e. The van der Waals surface area contributed by atoms with Crippen molar-refractivity contribution >= 4 is 5.78 Å². The molecule has 193 valence electrons. The summed E-state index contributed by atoms with van der Waals surface area (Å²) in [6.45, 7) is 28.5. The molecule has 0 amide bonds. The SMILES string of the molecule is CC.CCCCn1nnc2c1CCCCCC2.[CH2-]C.[CH2-]C(CC(C)(C)C)C(=O)C(C)(C)C.[Y]. The number of aromatic nitrogens is 3. The molecule has 1 aromatic heterocycles. The number of aryl methyl sites for hydroxylation is 2. The van der Waals surface area contributed by atoms with Gasteiger partial charge in [-0.15, -0.1) is 11.0 Å². The third kappa shape index (κ3) is 17.1. The van der Waals surface area contributed by atoms with Crippen LogP contribution >= 0.6 is 0 Å².